The highest BCUT2D eigenvalue weighted by molar-refractivity contribution is 6.09. The number of H-pyrrole nitrogens is 1. The number of methoxy groups -OCH3 is 1. The number of carbonyl (C=O) groups is 2. The Balaban J connectivity index is 1.38. The number of aryl methyl sites for hydroxylation is 1. The van der Waals surface area contributed by atoms with Crippen LogP contribution in [0.3, 0.4) is 0 Å². The van der Waals surface area contributed by atoms with E-state index in [2.05, 4.69) is 28.3 Å². The molecule has 0 aliphatic carbocycles. The lowest BCUT2D eigenvalue weighted by molar-refractivity contribution is -0.121. The fourth-order valence-corrected chi connectivity index (χ4v) is 4.11. The number of carbonyl (C=O) groups excluding carboxylic acids is 2. The van der Waals surface area contributed by atoms with Crippen molar-refractivity contribution in [2.45, 2.75) is 52.0 Å². The Bertz CT molecular complexity index is 1290. The third-order valence-electron chi connectivity index (χ3n) is 6.13. The summed E-state index contributed by atoms with van der Waals surface area (Å²) >= 11 is 0. The monoisotopic (exact) mass is 457 g/mol. The van der Waals surface area contributed by atoms with Crippen molar-refractivity contribution >= 4 is 33.6 Å². The maximum absolute atomic E-state index is 12.8. The first-order valence-electron chi connectivity index (χ1n) is 11.9. The lowest BCUT2D eigenvalue weighted by Crippen LogP contribution is -2.23. The van der Waals surface area contributed by atoms with Crippen LogP contribution in [0.2, 0.25) is 0 Å². The van der Waals surface area contributed by atoms with E-state index >= 15 is 0 Å². The van der Waals surface area contributed by atoms with Crippen LogP contribution in [0, 0.1) is 0 Å². The zero-order valence-corrected chi connectivity index (χ0v) is 19.8. The molecule has 0 atom stereocenters. The molecule has 2 aromatic heterocycles. The van der Waals surface area contributed by atoms with E-state index in [-0.39, 0.29) is 24.5 Å². The number of fused-ring (bicyclic) bond motifs is 3. The van der Waals surface area contributed by atoms with E-state index in [4.69, 9.17) is 4.74 Å². The average molecular weight is 458 g/mol. The van der Waals surface area contributed by atoms with E-state index in [1.54, 1.807) is 7.11 Å². The molecule has 2 aromatic carbocycles. The number of nitrogens with zero attached hydrogens (tertiary/aromatic N) is 1. The molecule has 0 radical (unpaired) electrons. The number of hydrogen-bond donors (Lipinski definition) is 2. The number of ketones is 1. The highest BCUT2D eigenvalue weighted by atomic mass is 16.5. The van der Waals surface area contributed by atoms with Gasteiger partial charge in [-0.15, -0.1) is 0 Å². The van der Waals surface area contributed by atoms with Crippen molar-refractivity contribution in [3.63, 3.8) is 0 Å². The van der Waals surface area contributed by atoms with E-state index in [0.29, 0.717) is 12.1 Å². The molecule has 2 heterocycles. The number of unbranched alkanes of at least 4 members (excludes halogenated alkanes) is 2. The Hall–Kier alpha value is -3.67. The van der Waals surface area contributed by atoms with Crippen LogP contribution in [0.1, 0.15) is 60.5 Å². The van der Waals surface area contributed by atoms with Gasteiger partial charge in [0.25, 0.3) is 0 Å². The minimum Gasteiger partial charge on any atom is -0.497 e. The summed E-state index contributed by atoms with van der Waals surface area (Å²) in [5.74, 6) is 0.595. The van der Waals surface area contributed by atoms with Gasteiger partial charge in [-0.2, -0.15) is 0 Å². The molecule has 176 valence electrons. The average Bonchev–Trinajstić information content (AvgIpc) is 3.23. The van der Waals surface area contributed by atoms with Gasteiger partial charge in [-0.05, 0) is 60.4 Å². The standard InChI is InChI=1S/C28H31N3O3/c1-3-4-5-6-20-15-24-23-16-21(9-12-25(23)31-28(24)30-18-20)26(32)13-14-27(33)29-17-19-7-10-22(34-2)11-8-19/h7-12,15-16,18H,3-6,13-14,17H2,1-2H3,(H,29,33)(H,30,31). The highest BCUT2D eigenvalue weighted by Gasteiger charge is 2.13. The predicted molar refractivity (Wildman–Crippen MR) is 135 cm³/mol. The van der Waals surface area contributed by atoms with Crippen molar-refractivity contribution < 1.29 is 14.3 Å². The summed E-state index contributed by atoms with van der Waals surface area (Å²) in [5, 5.41) is 4.91. The maximum atomic E-state index is 12.8. The van der Waals surface area contributed by atoms with Crippen molar-refractivity contribution in [2.24, 2.45) is 0 Å². The first kappa shape index (κ1) is 23.5. The van der Waals surface area contributed by atoms with Crippen LogP contribution in [0.15, 0.2) is 54.7 Å². The van der Waals surface area contributed by atoms with Crippen molar-refractivity contribution in [1.29, 1.82) is 0 Å². The number of aromatic nitrogens is 2. The van der Waals surface area contributed by atoms with Gasteiger partial charge in [-0.1, -0.05) is 31.9 Å². The Labute approximate surface area is 199 Å². The number of Topliss-reactive ketones (excluding diaryl/α,β-unsaturated/α-hetero) is 1. The van der Waals surface area contributed by atoms with Gasteiger partial charge in [0, 0.05) is 47.4 Å². The molecule has 0 bridgehead atoms. The molecule has 4 aromatic rings. The predicted octanol–water partition coefficient (Wildman–Crippen LogP) is 5.74. The van der Waals surface area contributed by atoms with Crippen LogP contribution < -0.4 is 10.1 Å². The fourth-order valence-electron chi connectivity index (χ4n) is 4.11. The molecule has 0 saturated heterocycles. The van der Waals surface area contributed by atoms with Crippen LogP contribution in [0.5, 0.6) is 5.75 Å². The van der Waals surface area contributed by atoms with Gasteiger partial charge < -0.3 is 15.0 Å². The molecule has 0 aliphatic rings. The van der Waals surface area contributed by atoms with Gasteiger partial charge in [-0.3, -0.25) is 9.59 Å². The molecule has 0 saturated carbocycles. The number of rotatable bonds is 11. The van der Waals surface area contributed by atoms with Crippen LogP contribution in [-0.4, -0.2) is 28.8 Å². The van der Waals surface area contributed by atoms with Crippen molar-refractivity contribution in [1.82, 2.24) is 15.3 Å². The smallest absolute Gasteiger partial charge is 0.220 e. The quantitative estimate of drug-likeness (QED) is 0.222. The largest absolute Gasteiger partial charge is 0.497 e. The minimum atomic E-state index is -0.140. The highest BCUT2D eigenvalue weighted by Crippen LogP contribution is 2.27. The molecule has 1 amide bonds. The summed E-state index contributed by atoms with van der Waals surface area (Å²) in [6, 6.07) is 15.4. The molecule has 0 aliphatic heterocycles. The molecule has 0 spiro atoms. The molecule has 4 rings (SSSR count). The number of ether oxygens (including phenoxy) is 1. The van der Waals surface area contributed by atoms with E-state index in [1.165, 1.54) is 18.4 Å². The van der Waals surface area contributed by atoms with Gasteiger partial charge in [0.2, 0.25) is 5.91 Å². The minimum absolute atomic E-state index is 0.0390. The Morgan fingerprint density at radius 3 is 2.56 bits per heavy atom. The molecular weight excluding hydrogens is 426 g/mol. The second-order valence-corrected chi connectivity index (χ2v) is 8.63. The van der Waals surface area contributed by atoms with Gasteiger partial charge >= 0.3 is 0 Å². The van der Waals surface area contributed by atoms with Crippen LogP contribution >= 0.6 is 0 Å². The van der Waals surface area contributed by atoms with Crippen molar-refractivity contribution in [3.8, 4) is 5.75 Å². The van der Waals surface area contributed by atoms with E-state index in [0.717, 1.165) is 46.1 Å². The van der Waals surface area contributed by atoms with Crippen molar-refractivity contribution in [3.05, 3.63) is 71.4 Å². The lowest BCUT2D eigenvalue weighted by atomic mass is 10.0. The Morgan fingerprint density at radius 2 is 1.79 bits per heavy atom. The van der Waals surface area contributed by atoms with E-state index in [9.17, 15) is 9.59 Å². The van der Waals surface area contributed by atoms with Crippen LogP contribution in [0.4, 0.5) is 0 Å². The summed E-state index contributed by atoms with van der Waals surface area (Å²) in [6.07, 6.45) is 6.81. The number of amides is 1. The summed E-state index contributed by atoms with van der Waals surface area (Å²) in [6.45, 7) is 2.62. The molecule has 6 heteroatoms. The van der Waals surface area contributed by atoms with Gasteiger partial charge in [0.05, 0.1) is 7.11 Å². The fraction of sp³-hybridized carbons (Fsp3) is 0.321. The summed E-state index contributed by atoms with van der Waals surface area (Å²) in [7, 11) is 1.62. The molecule has 6 nitrogen and oxygen atoms in total. The number of hydrogen-bond acceptors (Lipinski definition) is 4. The zero-order valence-electron chi connectivity index (χ0n) is 19.8. The Kier molecular flexibility index (Phi) is 7.58. The second kappa shape index (κ2) is 11.0. The number of pyridine rings is 1. The Morgan fingerprint density at radius 1 is 0.971 bits per heavy atom. The van der Waals surface area contributed by atoms with Crippen LogP contribution in [-0.2, 0) is 17.8 Å². The van der Waals surface area contributed by atoms with Gasteiger partial charge in [0.1, 0.15) is 11.4 Å². The lowest BCUT2D eigenvalue weighted by Gasteiger charge is -2.06. The van der Waals surface area contributed by atoms with E-state index in [1.807, 2.05) is 48.7 Å². The third kappa shape index (κ3) is 5.63. The SMILES string of the molecule is CCCCCc1cnc2[nH]c3ccc(C(=O)CCC(=O)NCc4ccc(OC)cc4)cc3c2c1. The molecule has 2 N–H and O–H groups in total. The zero-order chi connectivity index (χ0) is 23.9. The van der Waals surface area contributed by atoms with E-state index < -0.39 is 0 Å². The molecule has 0 unspecified atom stereocenters. The third-order valence-corrected chi connectivity index (χ3v) is 6.13. The normalized spacial score (nSPS) is 11.1. The number of aromatic amines is 1. The molecular formula is C28H31N3O3. The topological polar surface area (TPSA) is 84.1 Å². The first-order valence-corrected chi connectivity index (χ1v) is 11.9. The second-order valence-electron chi connectivity index (χ2n) is 8.63. The molecule has 0 fully saturated rings. The summed E-state index contributed by atoms with van der Waals surface area (Å²) in [5.41, 5.74) is 4.60. The maximum Gasteiger partial charge on any atom is 0.220 e. The van der Waals surface area contributed by atoms with Gasteiger partial charge in [0.15, 0.2) is 5.78 Å². The van der Waals surface area contributed by atoms with Gasteiger partial charge in [-0.25, -0.2) is 4.98 Å². The van der Waals surface area contributed by atoms with Crippen LogP contribution in [0.25, 0.3) is 21.9 Å². The number of benzene rings is 2. The molecule has 34 heavy (non-hydrogen) atoms. The van der Waals surface area contributed by atoms with Crippen molar-refractivity contribution in [2.75, 3.05) is 7.11 Å². The first-order chi connectivity index (χ1) is 16.6. The summed E-state index contributed by atoms with van der Waals surface area (Å²) in [4.78, 5) is 33.0. The number of nitrogens with one attached hydrogen (secondary N) is 2. The summed E-state index contributed by atoms with van der Waals surface area (Å²) < 4.78 is 5.14.